The van der Waals surface area contributed by atoms with E-state index >= 15 is 0 Å². The molecule has 1 aliphatic rings. The molecule has 0 aromatic heterocycles. The van der Waals surface area contributed by atoms with Crippen molar-refractivity contribution in [1.29, 1.82) is 0 Å². The van der Waals surface area contributed by atoms with Crippen LogP contribution in [0.2, 0.25) is 0 Å². The average molecular weight is 335 g/mol. The highest BCUT2D eigenvalue weighted by molar-refractivity contribution is 7.86. The van der Waals surface area contributed by atoms with Crippen molar-refractivity contribution in [2.75, 3.05) is 32.4 Å². The van der Waals surface area contributed by atoms with Gasteiger partial charge < -0.3 is 14.4 Å². The molecular weight excluding hydrogens is 316 g/mol. The Hall–Kier alpha value is -1.31. The number of hydrogen-bond donors (Lipinski definition) is 1. The first-order chi connectivity index (χ1) is 9.44. The van der Waals surface area contributed by atoms with Crippen LogP contribution >= 0.6 is 12.4 Å². The number of carbonyl (C=O) groups excluding carboxylic acids is 1. The molecule has 1 saturated heterocycles. The molecule has 2 rings (SSSR count). The molecule has 6 nitrogen and oxygen atoms in total. The fourth-order valence-electron chi connectivity index (χ4n) is 2.08. The predicted molar refractivity (Wildman–Crippen MR) is 82.3 cm³/mol. The van der Waals surface area contributed by atoms with Crippen LogP contribution in [0.3, 0.4) is 0 Å². The normalized spacial score (nSPS) is 15.2. The lowest BCUT2D eigenvalue weighted by atomic mass is 10.1. The molecule has 118 valence electrons. The van der Waals surface area contributed by atoms with Gasteiger partial charge in [-0.15, -0.1) is 12.4 Å². The number of piperazine rings is 1. The van der Waals surface area contributed by atoms with Crippen molar-refractivity contribution < 1.29 is 17.4 Å². The van der Waals surface area contributed by atoms with Gasteiger partial charge in [-0.1, -0.05) is 12.1 Å². The van der Waals surface area contributed by atoms with E-state index in [1.54, 1.807) is 29.2 Å². The molecule has 0 radical (unpaired) electrons. The highest BCUT2D eigenvalue weighted by Crippen LogP contribution is 2.16. The highest BCUT2D eigenvalue weighted by Gasteiger charge is 2.16. The molecule has 1 aromatic rings. The van der Waals surface area contributed by atoms with Crippen LogP contribution in [0.5, 0.6) is 5.75 Å². The second-order valence-electron chi connectivity index (χ2n) is 4.74. The molecule has 1 fully saturated rings. The van der Waals surface area contributed by atoms with Gasteiger partial charge in [-0.2, -0.15) is 8.42 Å². The maximum Gasteiger partial charge on any atom is 0.306 e. The van der Waals surface area contributed by atoms with Gasteiger partial charge in [0.25, 0.3) is 0 Å². The van der Waals surface area contributed by atoms with Crippen LogP contribution in [-0.4, -0.2) is 51.7 Å². The SMILES string of the molecule is CS(=O)(=O)Oc1cccc(CC(=O)N2CCNCC2)c1.Cl. The van der Waals surface area contributed by atoms with E-state index in [4.69, 9.17) is 4.18 Å². The van der Waals surface area contributed by atoms with Crippen LogP contribution in [0.1, 0.15) is 5.56 Å². The maximum atomic E-state index is 12.1. The zero-order chi connectivity index (χ0) is 14.6. The zero-order valence-electron chi connectivity index (χ0n) is 11.7. The van der Waals surface area contributed by atoms with Crippen LogP contribution in [0.4, 0.5) is 0 Å². The molecule has 1 aromatic carbocycles. The van der Waals surface area contributed by atoms with Crippen molar-refractivity contribution in [3.63, 3.8) is 0 Å². The Morgan fingerprint density at radius 3 is 2.62 bits per heavy atom. The van der Waals surface area contributed by atoms with E-state index in [-0.39, 0.29) is 30.5 Å². The first-order valence-corrected chi connectivity index (χ1v) is 8.22. The van der Waals surface area contributed by atoms with Gasteiger partial charge in [-0.05, 0) is 17.7 Å². The predicted octanol–water partition coefficient (Wildman–Crippen LogP) is 0.421. The second kappa shape index (κ2) is 7.63. The molecule has 0 aliphatic carbocycles. The minimum Gasteiger partial charge on any atom is -0.383 e. The van der Waals surface area contributed by atoms with Crippen LogP contribution in [0, 0.1) is 0 Å². The minimum atomic E-state index is -3.55. The molecule has 0 unspecified atom stereocenters. The Morgan fingerprint density at radius 2 is 2.00 bits per heavy atom. The van der Waals surface area contributed by atoms with Crippen molar-refractivity contribution in [2.45, 2.75) is 6.42 Å². The van der Waals surface area contributed by atoms with E-state index < -0.39 is 10.1 Å². The summed E-state index contributed by atoms with van der Waals surface area (Å²) in [5.41, 5.74) is 0.745. The number of benzene rings is 1. The molecule has 0 saturated carbocycles. The smallest absolute Gasteiger partial charge is 0.306 e. The van der Waals surface area contributed by atoms with E-state index in [1.165, 1.54) is 0 Å². The van der Waals surface area contributed by atoms with Crippen LogP contribution in [0.25, 0.3) is 0 Å². The average Bonchev–Trinajstić information content (AvgIpc) is 2.38. The summed E-state index contributed by atoms with van der Waals surface area (Å²) in [5, 5.41) is 3.19. The third-order valence-corrected chi connectivity index (χ3v) is 3.47. The highest BCUT2D eigenvalue weighted by atomic mass is 35.5. The largest absolute Gasteiger partial charge is 0.383 e. The number of amides is 1. The number of carbonyl (C=O) groups is 1. The monoisotopic (exact) mass is 334 g/mol. The van der Waals surface area contributed by atoms with Crippen molar-refractivity contribution in [3.05, 3.63) is 29.8 Å². The standard InChI is InChI=1S/C13H18N2O4S.ClH/c1-20(17,18)19-12-4-2-3-11(9-12)10-13(16)15-7-5-14-6-8-15;/h2-4,9,14H,5-8,10H2,1H3;1H. The Labute approximate surface area is 131 Å². The first kappa shape index (κ1) is 17.7. The Balaban J connectivity index is 0.00000220. The van der Waals surface area contributed by atoms with Crippen molar-refractivity contribution in [1.82, 2.24) is 10.2 Å². The lowest BCUT2D eigenvalue weighted by molar-refractivity contribution is -0.131. The van der Waals surface area contributed by atoms with Gasteiger partial charge in [-0.25, -0.2) is 0 Å². The lowest BCUT2D eigenvalue weighted by Crippen LogP contribution is -2.46. The van der Waals surface area contributed by atoms with Gasteiger partial charge in [0, 0.05) is 26.2 Å². The van der Waals surface area contributed by atoms with Crippen LogP contribution in [-0.2, 0) is 21.3 Å². The molecule has 1 amide bonds. The topological polar surface area (TPSA) is 75.7 Å². The molecule has 1 aliphatic heterocycles. The number of nitrogens with zero attached hydrogens (tertiary/aromatic N) is 1. The molecule has 0 atom stereocenters. The molecule has 1 N–H and O–H groups in total. The summed E-state index contributed by atoms with van der Waals surface area (Å²) in [5.74, 6) is 0.279. The molecule has 8 heteroatoms. The van der Waals surface area contributed by atoms with Gasteiger partial charge >= 0.3 is 10.1 Å². The zero-order valence-corrected chi connectivity index (χ0v) is 13.4. The van der Waals surface area contributed by atoms with Gasteiger partial charge in [0.2, 0.25) is 5.91 Å². The minimum absolute atomic E-state index is 0. The number of hydrogen-bond acceptors (Lipinski definition) is 5. The summed E-state index contributed by atoms with van der Waals surface area (Å²) in [6.07, 6.45) is 1.24. The molecule has 21 heavy (non-hydrogen) atoms. The third kappa shape index (κ3) is 5.91. The van der Waals surface area contributed by atoms with Crippen molar-refractivity contribution >= 4 is 28.4 Å². The third-order valence-electron chi connectivity index (χ3n) is 2.97. The Kier molecular flexibility index (Phi) is 6.44. The van der Waals surface area contributed by atoms with Gasteiger partial charge in [0.1, 0.15) is 5.75 Å². The number of nitrogens with one attached hydrogen (secondary N) is 1. The molecular formula is C13H19ClN2O4S. The van der Waals surface area contributed by atoms with E-state index in [1.807, 2.05) is 0 Å². The lowest BCUT2D eigenvalue weighted by Gasteiger charge is -2.27. The second-order valence-corrected chi connectivity index (χ2v) is 6.32. The fourth-order valence-corrected chi connectivity index (χ4v) is 2.54. The van der Waals surface area contributed by atoms with Crippen LogP contribution in [0.15, 0.2) is 24.3 Å². The molecule has 0 spiro atoms. The van der Waals surface area contributed by atoms with Crippen molar-refractivity contribution in [2.24, 2.45) is 0 Å². The Bertz CT molecular complexity index is 586. The van der Waals surface area contributed by atoms with Gasteiger partial charge in [0.15, 0.2) is 0 Å². The maximum absolute atomic E-state index is 12.1. The number of halogens is 1. The van der Waals surface area contributed by atoms with Gasteiger partial charge in [0.05, 0.1) is 12.7 Å². The summed E-state index contributed by atoms with van der Waals surface area (Å²) in [4.78, 5) is 13.9. The van der Waals surface area contributed by atoms with E-state index in [2.05, 4.69) is 5.32 Å². The van der Waals surface area contributed by atoms with Gasteiger partial charge in [-0.3, -0.25) is 4.79 Å². The van der Waals surface area contributed by atoms with E-state index in [0.29, 0.717) is 13.1 Å². The summed E-state index contributed by atoms with van der Waals surface area (Å²) in [6, 6.07) is 6.61. The van der Waals surface area contributed by atoms with Crippen molar-refractivity contribution in [3.8, 4) is 5.75 Å². The summed E-state index contributed by atoms with van der Waals surface area (Å²) in [7, 11) is -3.55. The van der Waals surface area contributed by atoms with Crippen LogP contribution < -0.4 is 9.50 Å². The fraction of sp³-hybridized carbons (Fsp3) is 0.462. The number of rotatable bonds is 4. The first-order valence-electron chi connectivity index (χ1n) is 6.41. The summed E-state index contributed by atoms with van der Waals surface area (Å²) >= 11 is 0. The molecule has 1 heterocycles. The Morgan fingerprint density at radius 1 is 1.33 bits per heavy atom. The van der Waals surface area contributed by atoms with E-state index in [9.17, 15) is 13.2 Å². The quantitative estimate of drug-likeness (QED) is 0.808. The van der Waals surface area contributed by atoms with E-state index in [0.717, 1.165) is 24.9 Å². The summed E-state index contributed by atoms with van der Waals surface area (Å²) < 4.78 is 27.0. The summed E-state index contributed by atoms with van der Waals surface area (Å²) in [6.45, 7) is 3.03. The molecule has 0 bridgehead atoms.